The highest BCUT2D eigenvalue weighted by atomic mass is 16.5. The van der Waals surface area contributed by atoms with Gasteiger partial charge in [0.1, 0.15) is 0 Å². The molecular formula is C15H18N2O. The van der Waals surface area contributed by atoms with E-state index >= 15 is 0 Å². The third kappa shape index (κ3) is 2.11. The standard InChI is InChI=1S/C15H18N2O/c16-15(14-8-1-2-10-18-14)12-5-3-7-13-11(12)6-4-9-17-13/h3-7,9,14-15H,1-2,8,10,16H2. The van der Waals surface area contributed by atoms with Crippen LogP contribution < -0.4 is 5.73 Å². The van der Waals surface area contributed by atoms with Gasteiger partial charge >= 0.3 is 0 Å². The molecule has 1 aromatic heterocycles. The molecule has 1 aliphatic rings. The van der Waals surface area contributed by atoms with Gasteiger partial charge in [-0.2, -0.15) is 0 Å². The van der Waals surface area contributed by atoms with Crippen molar-refractivity contribution in [1.82, 2.24) is 4.98 Å². The van der Waals surface area contributed by atoms with Crippen LogP contribution in [0.2, 0.25) is 0 Å². The molecule has 1 aliphatic heterocycles. The first-order chi connectivity index (χ1) is 8.86. The first kappa shape index (κ1) is 11.6. The topological polar surface area (TPSA) is 48.1 Å². The quantitative estimate of drug-likeness (QED) is 0.881. The molecule has 0 bridgehead atoms. The highest BCUT2D eigenvalue weighted by Gasteiger charge is 2.23. The van der Waals surface area contributed by atoms with Crippen molar-refractivity contribution >= 4 is 10.9 Å². The minimum Gasteiger partial charge on any atom is -0.376 e. The molecular weight excluding hydrogens is 224 g/mol. The summed E-state index contributed by atoms with van der Waals surface area (Å²) in [7, 11) is 0. The number of fused-ring (bicyclic) bond motifs is 1. The van der Waals surface area contributed by atoms with E-state index in [1.54, 1.807) is 0 Å². The number of benzene rings is 1. The number of ether oxygens (including phenoxy) is 1. The zero-order valence-corrected chi connectivity index (χ0v) is 10.4. The van der Waals surface area contributed by atoms with E-state index in [1.165, 1.54) is 6.42 Å². The molecule has 2 aromatic rings. The third-order valence-corrected chi connectivity index (χ3v) is 3.65. The van der Waals surface area contributed by atoms with Crippen molar-refractivity contribution < 1.29 is 4.74 Å². The second-order valence-corrected chi connectivity index (χ2v) is 4.85. The number of hydrogen-bond acceptors (Lipinski definition) is 3. The maximum absolute atomic E-state index is 6.38. The lowest BCUT2D eigenvalue weighted by molar-refractivity contribution is 0.000274. The maximum atomic E-state index is 6.38. The molecule has 2 heterocycles. The number of rotatable bonds is 2. The Labute approximate surface area is 107 Å². The third-order valence-electron chi connectivity index (χ3n) is 3.65. The van der Waals surface area contributed by atoms with Crippen LogP contribution in [0.5, 0.6) is 0 Å². The first-order valence-electron chi connectivity index (χ1n) is 6.57. The Morgan fingerprint density at radius 2 is 2.17 bits per heavy atom. The van der Waals surface area contributed by atoms with E-state index in [4.69, 9.17) is 10.5 Å². The van der Waals surface area contributed by atoms with Gasteiger partial charge in [0, 0.05) is 18.2 Å². The van der Waals surface area contributed by atoms with E-state index in [-0.39, 0.29) is 12.1 Å². The molecule has 2 N–H and O–H groups in total. The average Bonchev–Trinajstić information content (AvgIpc) is 2.47. The van der Waals surface area contributed by atoms with Crippen LogP contribution in [0.25, 0.3) is 10.9 Å². The molecule has 0 spiro atoms. The molecule has 3 nitrogen and oxygen atoms in total. The number of nitrogens with two attached hydrogens (primary N) is 1. The van der Waals surface area contributed by atoms with Crippen molar-refractivity contribution in [3.63, 3.8) is 0 Å². The highest BCUT2D eigenvalue weighted by Crippen LogP contribution is 2.28. The second kappa shape index (κ2) is 5.04. The van der Waals surface area contributed by atoms with Gasteiger partial charge in [0.15, 0.2) is 0 Å². The molecule has 0 amide bonds. The van der Waals surface area contributed by atoms with Gasteiger partial charge in [-0.1, -0.05) is 18.2 Å². The van der Waals surface area contributed by atoms with Crippen molar-refractivity contribution in [3.8, 4) is 0 Å². The van der Waals surface area contributed by atoms with Crippen LogP contribution in [0.15, 0.2) is 36.5 Å². The van der Waals surface area contributed by atoms with Crippen LogP contribution in [0.4, 0.5) is 0 Å². The van der Waals surface area contributed by atoms with Gasteiger partial charge in [-0.3, -0.25) is 4.98 Å². The summed E-state index contributed by atoms with van der Waals surface area (Å²) in [5.74, 6) is 0. The van der Waals surface area contributed by atoms with E-state index in [9.17, 15) is 0 Å². The van der Waals surface area contributed by atoms with Crippen LogP contribution in [-0.4, -0.2) is 17.7 Å². The smallest absolute Gasteiger partial charge is 0.0767 e. The Morgan fingerprint density at radius 1 is 1.22 bits per heavy atom. The van der Waals surface area contributed by atoms with Gasteiger partial charge in [-0.05, 0) is 37.0 Å². The zero-order valence-electron chi connectivity index (χ0n) is 10.4. The lowest BCUT2D eigenvalue weighted by Gasteiger charge is -2.28. The monoisotopic (exact) mass is 242 g/mol. The highest BCUT2D eigenvalue weighted by molar-refractivity contribution is 5.82. The maximum Gasteiger partial charge on any atom is 0.0767 e. The van der Waals surface area contributed by atoms with Crippen molar-refractivity contribution in [2.45, 2.75) is 31.4 Å². The van der Waals surface area contributed by atoms with Gasteiger partial charge < -0.3 is 10.5 Å². The summed E-state index contributed by atoms with van der Waals surface area (Å²) in [4.78, 5) is 4.37. The van der Waals surface area contributed by atoms with E-state index < -0.39 is 0 Å². The van der Waals surface area contributed by atoms with Gasteiger partial charge in [0.05, 0.1) is 17.7 Å². The van der Waals surface area contributed by atoms with E-state index in [2.05, 4.69) is 17.1 Å². The van der Waals surface area contributed by atoms with Gasteiger partial charge in [-0.15, -0.1) is 0 Å². The summed E-state index contributed by atoms with van der Waals surface area (Å²) in [5.41, 5.74) is 8.53. The Kier molecular flexibility index (Phi) is 3.26. The Hall–Kier alpha value is -1.45. The fourth-order valence-electron chi connectivity index (χ4n) is 2.67. The molecule has 3 rings (SSSR count). The Bertz CT molecular complexity index is 530. The predicted octanol–water partition coefficient (Wildman–Crippen LogP) is 2.80. The first-order valence-corrected chi connectivity index (χ1v) is 6.57. The van der Waals surface area contributed by atoms with Gasteiger partial charge in [0.2, 0.25) is 0 Å². The number of hydrogen-bond donors (Lipinski definition) is 1. The van der Waals surface area contributed by atoms with Crippen molar-refractivity contribution in [2.75, 3.05) is 6.61 Å². The fourth-order valence-corrected chi connectivity index (χ4v) is 2.67. The number of nitrogens with zero attached hydrogens (tertiary/aromatic N) is 1. The van der Waals surface area contributed by atoms with E-state index in [0.717, 1.165) is 35.9 Å². The molecule has 0 saturated carbocycles. The summed E-state index contributed by atoms with van der Waals surface area (Å²) in [5, 5.41) is 1.14. The molecule has 3 heteroatoms. The van der Waals surface area contributed by atoms with Gasteiger partial charge in [-0.25, -0.2) is 0 Å². The SMILES string of the molecule is NC(c1cccc2ncccc12)C1CCCCO1. The normalized spacial score (nSPS) is 21.9. The van der Waals surface area contributed by atoms with Crippen LogP contribution in [0, 0.1) is 0 Å². The molecule has 2 unspecified atom stereocenters. The summed E-state index contributed by atoms with van der Waals surface area (Å²) in [6, 6.07) is 10.1. The Balaban J connectivity index is 1.97. The average molecular weight is 242 g/mol. The lowest BCUT2D eigenvalue weighted by atomic mass is 9.94. The van der Waals surface area contributed by atoms with E-state index in [0.29, 0.717) is 0 Å². The minimum absolute atomic E-state index is 0.0572. The fraction of sp³-hybridized carbons (Fsp3) is 0.400. The molecule has 18 heavy (non-hydrogen) atoms. The lowest BCUT2D eigenvalue weighted by Crippen LogP contribution is -2.32. The summed E-state index contributed by atoms with van der Waals surface area (Å²) in [6.07, 6.45) is 5.37. The summed E-state index contributed by atoms with van der Waals surface area (Å²) >= 11 is 0. The molecule has 1 aromatic carbocycles. The zero-order chi connectivity index (χ0) is 12.4. The number of aromatic nitrogens is 1. The van der Waals surface area contributed by atoms with Crippen molar-refractivity contribution in [3.05, 3.63) is 42.1 Å². The molecule has 1 saturated heterocycles. The van der Waals surface area contributed by atoms with E-state index in [1.807, 2.05) is 24.4 Å². The predicted molar refractivity (Wildman–Crippen MR) is 72.3 cm³/mol. The molecule has 1 fully saturated rings. The van der Waals surface area contributed by atoms with Crippen LogP contribution >= 0.6 is 0 Å². The molecule has 2 atom stereocenters. The number of pyridine rings is 1. The molecule has 94 valence electrons. The van der Waals surface area contributed by atoms with Crippen LogP contribution in [-0.2, 0) is 4.74 Å². The van der Waals surface area contributed by atoms with Crippen LogP contribution in [0.3, 0.4) is 0 Å². The van der Waals surface area contributed by atoms with Gasteiger partial charge in [0.25, 0.3) is 0 Å². The van der Waals surface area contributed by atoms with Crippen molar-refractivity contribution in [1.29, 1.82) is 0 Å². The second-order valence-electron chi connectivity index (χ2n) is 4.85. The minimum atomic E-state index is -0.0572. The summed E-state index contributed by atoms with van der Waals surface area (Å²) < 4.78 is 5.80. The van der Waals surface area contributed by atoms with Crippen molar-refractivity contribution in [2.24, 2.45) is 5.73 Å². The Morgan fingerprint density at radius 3 is 3.00 bits per heavy atom. The molecule has 0 aliphatic carbocycles. The summed E-state index contributed by atoms with van der Waals surface area (Å²) in [6.45, 7) is 0.835. The van der Waals surface area contributed by atoms with Crippen LogP contribution in [0.1, 0.15) is 30.9 Å². The molecule has 0 radical (unpaired) electrons. The largest absolute Gasteiger partial charge is 0.376 e.